The molecule has 0 rings (SSSR count). The summed E-state index contributed by atoms with van der Waals surface area (Å²) in [6.45, 7) is 7.37. The first-order valence-corrected chi connectivity index (χ1v) is 8.45. The number of hydrogen-bond donors (Lipinski definition) is 2. The fourth-order valence-electron chi connectivity index (χ4n) is 1.78. The summed E-state index contributed by atoms with van der Waals surface area (Å²) >= 11 is 0. The van der Waals surface area contributed by atoms with Gasteiger partial charge in [0.2, 0.25) is 0 Å². The van der Waals surface area contributed by atoms with Gasteiger partial charge in [-0.05, 0) is 32.2 Å². The molecule has 0 heterocycles. The quantitative estimate of drug-likeness (QED) is 0.560. The van der Waals surface area contributed by atoms with Crippen LogP contribution in [-0.2, 0) is 13.6 Å². The predicted octanol–water partition coefficient (Wildman–Crippen LogP) is 1.30. The number of aliphatic hydroxyl groups is 1. The fraction of sp³-hybridized carbons (Fsp3) is 0.917. The maximum atomic E-state index is 10.4. The molecular formula is C12H27NO5Si. The van der Waals surface area contributed by atoms with Gasteiger partial charge in [-0.2, -0.15) is 0 Å². The molecule has 0 aliphatic carbocycles. The van der Waals surface area contributed by atoms with E-state index in [2.05, 4.69) is 11.7 Å². The van der Waals surface area contributed by atoms with Crippen LogP contribution in [0.4, 0.5) is 4.79 Å². The number of rotatable bonds is 11. The Balaban J connectivity index is 3.80. The first-order valence-electron chi connectivity index (χ1n) is 6.84. The molecule has 0 aliphatic rings. The van der Waals surface area contributed by atoms with E-state index in [0.717, 1.165) is 12.8 Å². The van der Waals surface area contributed by atoms with Crippen molar-refractivity contribution in [2.24, 2.45) is 5.73 Å². The van der Waals surface area contributed by atoms with E-state index in [1.807, 2.05) is 13.8 Å². The number of ether oxygens (including phenoxy) is 1. The summed E-state index contributed by atoms with van der Waals surface area (Å²) in [7, 11) is -1.61. The average molecular weight is 293 g/mol. The Labute approximate surface area is 117 Å². The van der Waals surface area contributed by atoms with Crippen LogP contribution in [-0.4, -0.2) is 46.4 Å². The molecule has 7 heteroatoms. The van der Waals surface area contributed by atoms with E-state index in [-0.39, 0.29) is 6.61 Å². The van der Waals surface area contributed by atoms with Gasteiger partial charge in [-0.1, -0.05) is 13.3 Å². The SMILES string of the molecule is CCO[SiH](OCC)C(C)CCCC(O)COC(N)=O. The molecule has 0 aromatic heterocycles. The molecular weight excluding hydrogens is 266 g/mol. The van der Waals surface area contributed by atoms with Gasteiger partial charge < -0.3 is 24.4 Å². The summed E-state index contributed by atoms with van der Waals surface area (Å²) in [5.41, 5.74) is 5.22. The monoisotopic (exact) mass is 293 g/mol. The Morgan fingerprint density at radius 3 is 2.32 bits per heavy atom. The van der Waals surface area contributed by atoms with Crippen molar-refractivity contribution in [2.45, 2.75) is 51.7 Å². The van der Waals surface area contributed by atoms with E-state index in [4.69, 9.17) is 14.6 Å². The zero-order valence-corrected chi connectivity index (χ0v) is 13.3. The molecule has 114 valence electrons. The van der Waals surface area contributed by atoms with Crippen molar-refractivity contribution in [3.05, 3.63) is 0 Å². The Bertz CT molecular complexity index is 236. The van der Waals surface area contributed by atoms with Gasteiger partial charge in [0, 0.05) is 13.2 Å². The van der Waals surface area contributed by atoms with Gasteiger partial charge >= 0.3 is 15.4 Å². The lowest BCUT2D eigenvalue weighted by Crippen LogP contribution is -2.28. The van der Waals surface area contributed by atoms with Gasteiger partial charge in [0.15, 0.2) is 0 Å². The number of aliphatic hydroxyl groups excluding tert-OH is 1. The number of carbonyl (C=O) groups excluding carboxylic acids is 1. The normalized spacial score (nSPS) is 14.4. The van der Waals surface area contributed by atoms with Crippen molar-refractivity contribution in [1.29, 1.82) is 0 Å². The Morgan fingerprint density at radius 2 is 1.84 bits per heavy atom. The van der Waals surface area contributed by atoms with E-state index < -0.39 is 21.5 Å². The number of nitrogens with two attached hydrogens (primary N) is 1. The van der Waals surface area contributed by atoms with Crippen molar-refractivity contribution in [3.8, 4) is 0 Å². The smallest absolute Gasteiger partial charge is 0.404 e. The Kier molecular flexibility index (Phi) is 10.8. The van der Waals surface area contributed by atoms with Crippen LogP contribution in [0.2, 0.25) is 5.54 Å². The van der Waals surface area contributed by atoms with E-state index >= 15 is 0 Å². The molecule has 0 fully saturated rings. The summed E-state index contributed by atoms with van der Waals surface area (Å²) < 4.78 is 15.8. The van der Waals surface area contributed by atoms with Gasteiger partial charge in [0.05, 0.1) is 6.10 Å². The minimum Gasteiger partial charge on any atom is -0.447 e. The van der Waals surface area contributed by atoms with Crippen molar-refractivity contribution < 1.29 is 23.5 Å². The highest BCUT2D eigenvalue weighted by atomic mass is 28.3. The molecule has 0 saturated heterocycles. The van der Waals surface area contributed by atoms with Crippen LogP contribution < -0.4 is 5.73 Å². The van der Waals surface area contributed by atoms with Gasteiger partial charge in [-0.15, -0.1) is 0 Å². The third-order valence-corrected chi connectivity index (χ3v) is 5.33. The molecule has 0 aromatic carbocycles. The minimum atomic E-state index is -1.61. The van der Waals surface area contributed by atoms with E-state index in [0.29, 0.717) is 25.2 Å². The molecule has 19 heavy (non-hydrogen) atoms. The zero-order valence-electron chi connectivity index (χ0n) is 12.1. The molecule has 0 aliphatic heterocycles. The molecule has 0 bridgehead atoms. The summed E-state index contributed by atoms with van der Waals surface area (Å²) in [6, 6.07) is 0. The standard InChI is InChI=1S/C12H27NO5Si/c1-4-17-19(18-5-2)10(3)7-6-8-11(14)9-16-12(13)15/h10-11,14,19H,4-9H2,1-3H3,(H2,13,15). The lowest BCUT2D eigenvalue weighted by atomic mass is 10.1. The topological polar surface area (TPSA) is 91.0 Å². The van der Waals surface area contributed by atoms with Crippen LogP contribution >= 0.6 is 0 Å². The number of carbonyl (C=O) groups is 1. The molecule has 0 aromatic rings. The van der Waals surface area contributed by atoms with Gasteiger partial charge in [0.1, 0.15) is 6.61 Å². The molecule has 2 unspecified atom stereocenters. The number of hydrogen-bond acceptors (Lipinski definition) is 5. The molecule has 2 atom stereocenters. The average Bonchev–Trinajstić information content (AvgIpc) is 2.36. The minimum absolute atomic E-state index is 0.0402. The van der Waals surface area contributed by atoms with Crippen molar-refractivity contribution >= 4 is 15.4 Å². The van der Waals surface area contributed by atoms with Gasteiger partial charge in [0.25, 0.3) is 0 Å². The molecule has 0 radical (unpaired) electrons. The van der Waals surface area contributed by atoms with E-state index in [1.165, 1.54) is 0 Å². The summed E-state index contributed by atoms with van der Waals surface area (Å²) in [5, 5.41) is 9.57. The second kappa shape index (κ2) is 11.2. The molecule has 0 saturated carbocycles. The van der Waals surface area contributed by atoms with Crippen LogP contribution in [0.3, 0.4) is 0 Å². The maximum absolute atomic E-state index is 10.4. The molecule has 0 spiro atoms. The van der Waals surface area contributed by atoms with Crippen molar-refractivity contribution in [3.63, 3.8) is 0 Å². The van der Waals surface area contributed by atoms with E-state index in [1.54, 1.807) is 0 Å². The maximum Gasteiger partial charge on any atom is 0.404 e. The lowest BCUT2D eigenvalue weighted by molar-refractivity contribution is 0.0663. The third-order valence-electron chi connectivity index (χ3n) is 2.74. The molecule has 3 N–H and O–H groups in total. The van der Waals surface area contributed by atoms with Crippen molar-refractivity contribution in [2.75, 3.05) is 19.8 Å². The lowest BCUT2D eigenvalue weighted by Gasteiger charge is -2.21. The largest absolute Gasteiger partial charge is 0.447 e. The molecule has 1 amide bonds. The van der Waals surface area contributed by atoms with Crippen LogP contribution in [0.25, 0.3) is 0 Å². The van der Waals surface area contributed by atoms with Crippen LogP contribution in [0, 0.1) is 0 Å². The fourth-order valence-corrected chi connectivity index (χ4v) is 3.70. The Morgan fingerprint density at radius 1 is 1.26 bits per heavy atom. The van der Waals surface area contributed by atoms with Crippen LogP contribution in [0.15, 0.2) is 0 Å². The van der Waals surface area contributed by atoms with Crippen LogP contribution in [0.1, 0.15) is 40.0 Å². The molecule has 6 nitrogen and oxygen atoms in total. The van der Waals surface area contributed by atoms with E-state index in [9.17, 15) is 9.90 Å². The predicted molar refractivity (Wildman–Crippen MR) is 75.2 cm³/mol. The van der Waals surface area contributed by atoms with Gasteiger partial charge in [-0.3, -0.25) is 0 Å². The van der Waals surface area contributed by atoms with Gasteiger partial charge in [-0.25, -0.2) is 4.79 Å². The van der Waals surface area contributed by atoms with Crippen molar-refractivity contribution in [1.82, 2.24) is 0 Å². The first kappa shape index (κ1) is 18.4. The summed E-state index contributed by atoms with van der Waals surface area (Å²) in [5.74, 6) is 0. The third kappa shape index (κ3) is 9.89. The number of amides is 1. The number of primary amides is 1. The second-order valence-corrected chi connectivity index (χ2v) is 7.01. The summed E-state index contributed by atoms with van der Waals surface area (Å²) in [4.78, 5) is 10.4. The Hall–Kier alpha value is -0.633. The van der Waals surface area contributed by atoms with Crippen LogP contribution in [0.5, 0.6) is 0 Å². The zero-order chi connectivity index (χ0) is 14.7. The highest BCUT2D eigenvalue weighted by Gasteiger charge is 2.21. The first-order chi connectivity index (χ1) is 9.01. The summed E-state index contributed by atoms with van der Waals surface area (Å²) in [6.07, 6.45) is 0.849. The highest BCUT2D eigenvalue weighted by Crippen LogP contribution is 2.20. The second-order valence-electron chi connectivity index (χ2n) is 4.47. The highest BCUT2D eigenvalue weighted by molar-refractivity contribution is 6.46.